The van der Waals surface area contributed by atoms with Crippen molar-refractivity contribution >= 4 is 26.6 Å². The van der Waals surface area contributed by atoms with Crippen LogP contribution in [-0.2, 0) is 9.84 Å². The molecule has 1 atom stereocenters. The summed E-state index contributed by atoms with van der Waals surface area (Å²) in [4.78, 5) is 21.5. The molecule has 0 bridgehead atoms. The number of amides is 1. The molecule has 0 radical (unpaired) electrons. The summed E-state index contributed by atoms with van der Waals surface area (Å²) in [6.07, 6.45) is -1.81. The fourth-order valence-electron chi connectivity index (χ4n) is 4.69. The van der Waals surface area contributed by atoms with Crippen molar-refractivity contribution in [2.45, 2.75) is 49.7 Å². The van der Waals surface area contributed by atoms with Gasteiger partial charge in [0.05, 0.1) is 46.7 Å². The maximum Gasteiger partial charge on any atom is 0.391 e. The van der Waals surface area contributed by atoms with Crippen molar-refractivity contribution in [3.8, 4) is 5.88 Å². The van der Waals surface area contributed by atoms with E-state index >= 15 is 0 Å². The first-order chi connectivity index (χ1) is 18.5. The Labute approximate surface area is 224 Å². The fourth-order valence-corrected chi connectivity index (χ4v) is 5.58. The molecule has 0 saturated heterocycles. The number of carbonyl (C=O) groups is 1. The standard InChI is InChI=1S/C27H30F3N3O5S/c1-2-39(36,37)21-10-5-18(6-11-21)24(14-34)33-25(35)19-7-12-22-23(13-19)31-16-32-26(22)38-15-17-3-8-20(9-4-17)27(28,29)30/h5-7,10-13,16-17,20,24,34H,2-4,8-9,14-15H2,1H3,(H,33,35)/t17?,20?,24-/m0/s1. The minimum Gasteiger partial charge on any atom is -0.477 e. The Bertz CT molecular complexity index is 1410. The predicted octanol–water partition coefficient (Wildman–Crippen LogP) is 4.63. The lowest BCUT2D eigenvalue weighted by atomic mass is 9.82. The average Bonchev–Trinajstić information content (AvgIpc) is 2.94. The van der Waals surface area contributed by atoms with Gasteiger partial charge in [0.25, 0.3) is 5.91 Å². The van der Waals surface area contributed by atoms with Crippen molar-refractivity contribution in [2.75, 3.05) is 19.0 Å². The Hall–Kier alpha value is -3.25. The molecule has 4 rings (SSSR count). The number of nitrogens with zero attached hydrogens (tertiary/aromatic N) is 2. The van der Waals surface area contributed by atoms with E-state index in [1.54, 1.807) is 37.3 Å². The number of ether oxygens (including phenoxy) is 1. The summed E-state index contributed by atoms with van der Waals surface area (Å²) < 4.78 is 68.7. The van der Waals surface area contributed by atoms with Gasteiger partial charge in [-0.1, -0.05) is 19.1 Å². The lowest BCUT2D eigenvalue weighted by Gasteiger charge is -2.29. The van der Waals surface area contributed by atoms with Gasteiger partial charge in [-0.25, -0.2) is 18.4 Å². The van der Waals surface area contributed by atoms with Crippen LogP contribution in [0, 0.1) is 11.8 Å². The molecule has 210 valence electrons. The van der Waals surface area contributed by atoms with Crippen LogP contribution in [0.3, 0.4) is 0 Å². The third-order valence-electron chi connectivity index (χ3n) is 7.14. The molecule has 0 aliphatic heterocycles. The Morgan fingerprint density at radius 3 is 2.41 bits per heavy atom. The highest BCUT2D eigenvalue weighted by atomic mass is 32.2. The van der Waals surface area contributed by atoms with Crippen molar-refractivity contribution in [3.63, 3.8) is 0 Å². The highest BCUT2D eigenvalue weighted by Crippen LogP contribution is 2.39. The topological polar surface area (TPSA) is 118 Å². The van der Waals surface area contributed by atoms with Crippen LogP contribution < -0.4 is 10.1 Å². The fraction of sp³-hybridized carbons (Fsp3) is 0.444. The highest BCUT2D eigenvalue weighted by molar-refractivity contribution is 7.91. The summed E-state index contributed by atoms with van der Waals surface area (Å²) in [7, 11) is -3.37. The maximum absolute atomic E-state index is 12.9. The molecule has 12 heteroatoms. The molecule has 1 saturated carbocycles. The molecular formula is C27H30F3N3O5S. The number of sulfone groups is 1. The van der Waals surface area contributed by atoms with Gasteiger partial charge in [0.2, 0.25) is 5.88 Å². The van der Waals surface area contributed by atoms with E-state index in [4.69, 9.17) is 4.74 Å². The van der Waals surface area contributed by atoms with Crippen LogP contribution in [0.2, 0.25) is 0 Å². The molecule has 1 aromatic heterocycles. The van der Waals surface area contributed by atoms with Crippen molar-refractivity contribution < 1.29 is 36.2 Å². The number of fused-ring (bicyclic) bond motifs is 1. The monoisotopic (exact) mass is 565 g/mol. The van der Waals surface area contributed by atoms with E-state index in [0.29, 0.717) is 35.2 Å². The Balaban J connectivity index is 1.41. The molecule has 0 unspecified atom stereocenters. The Morgan fingerprint density at radius 2 is 1.79 bits per heavy atom. The van der Waals surface area contributed by atoms with Gasteiger partial charge in [-0.3, -0.25) is 4.79 Å². The second-order valence-electron chi connectivity index (χ2n) is 9.66. The summed E-state index contributed by atoms with van der Waals surface area (Å²) in [6.45, 7) is 1.40. The number of carbonyl (C=O) groups excluding carboxylic acids is 1. The number of aliphatic hydroxyl groups excluding tert-OH is 1. The number of alkyl halides is 3. The van der Waals surface area contributed by atoms with Crippen LogP contribution in [0.15, 0.2) is 53.7 Å². The zero-order chi connectivity index (χ0) is 28.2. The summed E-state index contributed by atoms with van der Waals surface area (Å²) in [5.41, 5.74) is 1.27. The van der Waals surface area contributed by atoms with Crippen molar-refractivity contribution in [1.82, 2.24) is 15.3 Å². The summed E-state index contributed by atoms with van der Waals surface area (Å²) in [6, 6.07) is 9.99. The smallest absolute Gasteiger partial charge is 0.391 e. The maximum atomic E-state index is 12.9. The lowest BCUT2D eigenvalue weighted by Crippen LogP contribution is -2.30. The summed E-state index contributed by atoms with van der Waals surface area (Å²) in [5, 5.41) is 13.2. The number of hydrogen-bond acceptors (Lipinski definition) is 7. The second kappa shape index (κ2) is 11.9. The third-order valence-corrected chi connectivity index (χ3v) is 8.89. The van der Waals surface area contributed by atoms with Crippen molar-refractivity contribution in [2.24, 2.45) is 11.8 Å². The van der Waals surface area contributed by atoms with E-state index in [1.807, 2.05) is 0 Å². The molecule has 1 aliphatic carbocycles. The van der Waals surface area contributed by atoms with Gasteiger partial charge in [-0.2, -0.15) is 13.2 Å². The minimum absolute atomic E-state index is 0.00484. The van der Waals surface area contributed by atoms with E-state index < -0.39 is 40.5 Å². The van der Waals surface area contributed by atoms with E-state index in [2.05, 4.69) is 15.3 Å². The predicted molar refractivity (Wildman–Crippen MR) is 138 cm³/mol. The SMILES string of the molecule is CCS(=O)(=O)c1ccc([C@H](CO)NC(=O)c2ccc3c(OCC4CCC(C(F)(F)F)CC4)ncnc3c2)cc1. The molecule has 2 N–H and O–H groups in total. The van der Waals surface area contributed by atoms with E-state index in [-0.39, 0.29) is 41.6 Å². The van der Waals surface area contributed by atoms with Crippen LogP contribution in [0.5, 0.6) is 5.88 Å². The first kappa shape index (κ1) is 28.8. The number of hydrogen-bond donors (Lipinski definition) is 2. The largest absolute Gasteiger partial charge is 0.477 e. The van der Waals surface area contributed by atoms with E-state index in [0.717, 1.165) is 0 Å². The third kappa shape index (κ3) is 6.85. The molecular weight excluding hydrogens is 535 g/mol. The van der Waals surface area contributed by atoms with E-state index in [9.17, 15) is 31.5 Å². The average molecular weight is 566 g/mol. The Morgan fingerprint density at radius 1 is 1.10 bits per heavy atom. The van der Waals surface area contributed by atoms with Crippen molar-refractivity contribution in [1.29, 1.82) is 0 Å². The van der Waals surface area contributed by atoms with Crippen LogP contribution in [0.25, 0.3) is 10.9 Å². The van der Waals surface area contributed by atoms with Crippen molar-refractivity contribution in [3.05, 3.63) is 59.9 Å². The quantitative estimate of drug-likeness (QED) is 0.388. The van der Waals surface area contributed by atoms with Crippen LogP contribution >= 0.6 is 0 Å². The molecule has 0 spiro atoms. The first-order valence-electron chi connectivity index (χ1n) is 12.7. The molecule has 3 aromatic rings. The van der Waals surface area contributed by atoms with Gasteiger partial charge in [-0.05, 0) is 67.5 Å². The van der Waals surface area contributed by atoms with Gasteiger partial charge in [0, 0.05) is 5.56 Å². The van der Waals surface area contributed by atoms with Crippen LogP contribution in [-0.4, -0.2) is 54.5 Å². The van der Waals surface area contributed by atoms with Crippen LogP contribution in [0.1, 0.15) is 54.6 Å². The minimum atomic E-state index is -4.15. The molecule has 2 aromatic carbocycles. The molecule has 1 heterocycles. The van der Waals surface area contributed by atoms with Gasteiger partial charge in [0.15, 0.2) is 9.84 Å². The molecule has 39 heavy (non-hydrogen) atoms. The lowest BCUT2D eigenvalue weighted by molar-refractivity contribution is -0.184. The van der Waals surface area contributed by atoms with Gasteiger partial charge >= 0.3 is 6.18 Å². The van der Waals surface area contributed by atoms with E-state index in [1.165, 1.54) is 18.5 Å². The zero-order valence-corrected chi connectivity index (χ0v) is 22.1. The second-order valence-corrected chi connectivity index (χ2v) is 11.9. The van der Waals surface area contributed by atoms with Gasteiger partial charge in [0.1, 0.15) is 6.33 Å². The van der Waals surface area contributed by atoms with Gasteiger partial charge in [-0.15, -0.1) is 0 Å². The van der Waals surface area contributed by atoms with Crippen LogP contribution in [0.4, 0.5) is 13.2 Å². The number of benzene rings is 2. The number of rotatable bonds is 9. The molecule has 8 nitrogen and oxygen atoms in total. The van der Waals surface area contributed by atoms with Gasteiger partial charge < -0.3 is 15.2 Å². The number of halogens is 3. The number of nitrogens with one attached hydrogen (secondary N) is 1. The highest BCUT2D eigenvalue weighted by Gasteiger charge is 2.41. The normalized spacial score (nSPS) is 19.0. The molecule has 1 amide bonds. The summed E-state index contributed by atoms with van der Waals surface area (Å²) in [5.74, 6) is -1.46. The number of aromatic nitrogens is 2. The Kier molecular flexibility index (Phi) is 8.75. The summed E-state index contributed by atoms with van der Waals surface area (Å²) >= 11 is 0. The first-order valence-corrected chi connectivity index (χ1v) is 14.4. The zero-order valence-electron chi connectivity index (χ0n) is 21.3. The molecule has 1 aliphatic rings. The number of aliphatic hydroxyl groups is 1. The molecule has 1 fully saturated rings.